The van der Waals surface area contributed by atoms with Crippen LogP contribution in [-0.4, -0.2) is 72.5 Å². The highest BCUT2D eigenvalue weighted by Gasteiger charge is 2.48. The van der Waals surface area contributed by atoms with Crippen molar-refractivity contribution in [2.45, 2.75) is 64.6 Å². The van der Waals surface area contributed by atoms with Gasteiger partial charge >= 0.3 is 6.03 Å². The number of hydrogen-bond acceptors (Lipinski definition) is 8. The summed E-state index contributed by atoms with van der Waals surface area (Å²) >= 11 is 0. The number of amides is 2. The predicted molar refractivity (Wildman–Crippen MR) is 93.2 cm³/mol. The van der Waals surface area contributed by atoms with Crippen LogP contribution in [0.1, 0.15) is 33.6 Å². The highest BCUT2D eigenvalue weighted by Crippen LogP contribution is 2.28. The van der Waals surface area contributed by atoms with Gasteiger partial charge in [-0.1, -0.05) is 13.3 Å². The fraction of sp³-hybridized carbons (Fsp3) is 0.706. The van der Waals surface area contributed by atoms with Crippen LogP contribution in [-0.2, 0) is 23.7 Å². The average Bonchev–Trinajstić information content (AvgIpc) is 3.01. The van der Waals surface area contributed by atoms with Gasteiger partial charge in [-0.25, -0.2) is 9.79 Å². The normalized spacial score (nSPS) is 31.5. The number of allylic oxidation sites excluding steroid dienone is 2. The molecule has 5 atom stereocenters. The number of carbonyl (C=O) groups excluding carboxylic acids is 2. The third-order valence-corrected chi connectivity index (χ3v) is 4.10. The Kier molecular flexibility index (Phi) is 7.87. The van der Waals surface area contributed by atoms with E-state index < -0.39 is 42.8 Å². The number of fused-ring (bicyclic) bond motifs is 1. The minimum atomic E-state index is -1.19. The molecule has 0 aromatic rings. The maximum absolute atomic E-state index is 11.9. The molecule has 0 aromatic heterocycles. The number of aliphatic imine (C=N–C) groups is 1. The third-order valence-electron chi connectivity index (χ3n) is 4.10. The van der Waals surface area contributed by atoms with E-state index in [1.54, 1.807) is 0 Å². The Balaban J connectivity index is 1.89. The molecular weight excluding hydrogens is 360 g/mol. The molecule has 0 aliphatic carbocycles. The Morgan fingerprint density at radius 1 is 1.33 bits per heavy atom. The van der Waals surface area contributed by atoms with E-state index in [-0.39, 0.29) is 17.9 Å². The maximum atomic E-state index is 11.9. The number of rotatable bonds is 7. The fourth-order valence-electron chi connectivity index (χ4n) is 2.62. The molecule has 2 aliphatic rings. The summed E-state index contributed by atoms with van der Waals surface area (Å²) in [7, 11) is 0. The van der Waals surface area contributed by atoms with E-state index in [0.29, 0.717) is 6.61 Å². The number of aliphatic hydroxyl groups excluding tert-OH is 2. The largest absolute Gasteiger partial charge is 0.512 e. The van der Waals surface area contributed by atoms with Gasteiger partial charge in [-0.15, -0.1) is 0 Å². The second kappa shape index (κ2) is 9.90. The third kappa shape index (κ3) is 5.81. The zero-order valence-electron chi connectivity index (χ0n) is 15.6. The summed E-state index contributed by atoms with van der Waals surface area (Å²) in [6.07, 6.45) is -0.689. The highest BCUT2D eigenvalue weighted by atomic mass is 16.9. The minimum Gasteiger partial charge on any atom is -0.512 e. The lowest BCUT2D eigenvalue weighted by Gasteiger charge is -2.34. The topological polar surface area (TPSA) is 136 Å². The van der Waals surface area contributed by atoms with Gasteiger partial charge in [-0.3, -0.25) is 4.79 Å². The number of nitrogens with one attached hydrogen (secondary N) is 1. The zero-order chi connectivity index (χ0) is 20.0. The number of ketones is 1. The lowest BCUT2D eigenvalue weighted by Crippen LogP contribution is -2.57. The molecule has 10 nitrogen and oxygen atoms in total. The molecule has 0 aromatic carbocycles. The Morgan fingerprint density at radius 3 is 2.70 bits per heavy atom. The van der Waals surface area contributed by atoms with Crippen molar-refractivity contribution < 1.29 is 38.7 Å². The number of urea groups is 1. The van der Waals surface area contributed by atoms with Gasteiger partial charge in [-0.05, 0) is 20.3 Å². The van der Waals surface area contributed by atoms with E-state index in [1.807, 2.05) is 6.92 Å². The van der Waals surface area contributed by atoms with Crippen LogP contribution in [0.5, 0.6) is 0 Å². The molecule has 152 valence electrons. The molecule has 2 saturated heterocycles. The summed E-state index contributed by atoms with van der Waals surface area (Å²) in [5.41, 5.74) is -0.0880. The quantitative estimate of drug-likeness (QED) is 0.253. The van der Waals surface area contributed by atoms with Crippen LogP contribution in [0.25, 0.3) is 0 Å². The number of carbonyl (C=O) groups is 2. The van der Waals surface area contributed by atoms with Gasteiger partial charge in [0.05, 0.1) is 18.8 Å². The summed E-state index contributed by atoms with van der Waals surface area (Å²) in [6.45, 7) is 4.27. The molecule has 0 spiro atoms. The molecule has 27 heavy (non-hydrogen) atoms. The standard InChI is InChI=1S/C17H26N2O8/c1-4-5-6-24-17-26-12-8-25-15(13(22)14(12)27-17)19-16(23)18-7-11(9(2)20)10(3)21/h7,12-15,17,20,22H,4-6,8H2,1-3H3,(H,19,23)/b11-9-,18-7+/t12-,13+,14-,15+,17?/m1/s1. The molecule has 1 unspecified atom stereocenters. The van der Waals surface area contributed by atoms with Gasteiger partial charge in [0, 0.05) is 6.21 Å². The minimum absolute atomic E-state index is 0.0880. The summed E-state index contributed by atoms with van der Waals surface area (Å²) in [5.74, 6) is -0.685. The van der Waals surface area contributed by atoms with Crippen molar-refractivity contribution in [3.8, 4) is 0 Å². The fourth-order valence-corrected chi connectivity index (χ4v) is 2.62. The number of hydrogen-bond donors (Lipinski definition) is 3. The van der Waals surface area contributed by atoms with Crippen LogP contribution >= 0.6 is 0 Å². The number of nitrogens with zero attached hydrogens (tertiary/aromatic N) is 1. The van der Waals surface area contributed by atoms with Gasteiger partial charge in [0.2, 0.25) is 0 Å². The van der Waals surface area contributed by atoms with E-state index in [2.05, 4.69) is 10.3 Å². The van der Waals surface area contributed by atoms with Crippen LogP contribution in [0.15, 0.2) is 16.3 Å². The Labute approximate surface area is 157 Å². The summed E-state index contributed by atoms with van der Waals surface area (Å²) in [6, 6.07) is -0.841. The first kappa shape index (κ1) is 21.5. The van der Waals surface area contributed by atoms with Crippen molar-refractivity contribution in [2.75, 3.05) is 13.2 Å². The molecule has 3 N–H and O–H groups in total. The lowest BCUT2D eigenvalue weighted by atomic mass is 10.0. The summed E-state index contributed by atoms with van der Waals surface area (Å²) in [4.78, 5) is 26.8. The van der Waals surface area contributed by atoms with Gasteiger partial charge in [0.1, 0.15) is 24.1 Å². The molecule has 2 aliphatic heterocycles. The van der Waals surface area contributed by atoms with Crippen molar-refractivity contribution in [1.29, 1.82) is 0 Å². The van der Waals surface area contributed by atoms with Crippen molar-refractivity contribution >= 4 is 18.0 Å². The first-order chi connectivity index (χ1) is 12.8. The molecule has 2 amide bonds. The molecular formula is C17H26N2O8. The van der Waals surface area contributed by atoms with Crippen molar-refractivity contribution in [2.24, 2.45) is 4.99 Å². The van der Waals surface area contributed by atoms with Crippen LogP contribution in [0.3, 0.4) is 0 Å². The van der Waals surface area contributed by atoms with E-state index in [1.165, 1.54) is 13.8 Å². The predicted octanol–water partition coefficient (Wildman–Crippen LogP) is 0.789. The summed E-state index contributed by atoms with van der Waals surface area (Å²) < 4.78 is 21.9. The van der Waals surface area contributed by atoms with Crippen molar-refractivity contribution in [3.63, 3.8) is 0 Å². The van der Waals surface area contributed by atoms with E-state index in [0.717, 1.165) is 19.1 Å². The van der Waals surface area contributed by atoms with Gasteiger partial charge in [0.25, 0.3) is 6.48 Å². The molecule has 0 radical (unpaired) electrons. The summed E-state index contributed by atoms with van der Waals surface area (Å²) in [5, 5.41) is 22.1. The highest BCUT2D eigenvalue weighted by molar-refractivity contribution is 6.14. The Hall–Kier alpha value is -1.85. The van der Waals surface area contributed by atoms with Crippen molar-refractivity contribution in [3.05, 3.63) is 11.3 Å². The van der Waals surface area contributed by atoms with Crippen molar-refractivity contribution in [1.82, 2.24) is 5.32 Å². The van der Waals surface area contributed by atoms with Crippen LogP contribution in [0.4, 0.5) is 4.79 Å². The van der Waals surface area contributed by atoms with E-state index >= 15 is 0 Å². The van der Waals surface area contributed by atoms with E-state index in [4.69, 9.17) is 18.9 Å². The zero-order valence-corrected chi connectivity index (χ0v) is 15.6. The first-order valence-electron chi connectivity index (χ1n) is 8.81. The molecule has 2 heterocycles. The maximum Gasteiger partial charge on any atom is 0.343 e. The Bertz CT molecular complexity index is 602. The number of unbranched alkanes of at least 4 members (excludes halogenated alkanes) is 1. The van der Waals surface area contributed by atoms with Crippen LogP contribution < -0.4 is 5.32 Å². The molecule has 0 bridgehead atoms. The van der Waals surface area contributed by atoms with Crippen LogP contribution in [0, 0.1) is 0 Å². The second-order valence-electron chi connectivity index (χ2n) is 6.30. The Morgan fingerprint density at radius 2 is 2.07 bits per heavy atom. The lowest BCUT2D eigenvalue weighted by molar-refractivity contribution is -0.245. The average molecular weight is 386 g/mol. The number of Topliss-reactive ketones (excluding diaryl/α,β-unsaturated/α-hetero) is 1. The molecule has 10 heteroatoms. The molecule has 2 rings (SSSR count). The number of ether oxygens (including phenoxy) is 4. The van der Waals surface area contributed by atoms with Gasteiger partial charge in [-0.2, -0.15) is 0 Å². The SMILES string of the molecule is CCCCOC1O[C@H]2[C@H](O)[C@@H](NC(=O)/N=C/C(C(C)=O)=C(\C)O)OC[C@H]2O1. The van der Waals surface area contributed by atoms with Gasteiger partial charge in [0.15, 0.2) is 12.0 Å². The smallest absolute Gasteiger partial charge is 0.343 e. The number of aliphatic hydroxyl groups is 2. The second-order valence-corrected chi connectivity index (χ2v) is 6.30. The molecule has 2 fully saturated rings. The molecule has 0 saturated carbocycles. The van der Waals surface area contributed by atoms with Gasteiger partial charge < -0.3 is 34.5 Å². The first-order valence-corrected chi connectivity index (χ1v) is 8.81. The van der Waals surface area contributed by atoms with Crippen LogP contribution in [0.2, 0.25) is 0 Å². The monoisotopic (exact) mass is 386 g/mol. The van der Waals surface area contributed by atoms with E-state index in [9.17, 15) is 19.8 Å².